The molecular weight excluding hydrogens is 238 g/mol. The second kappa shape index (κ2) is 7.72. The molecule has 1 N–H and O–H groups in total. The fourth-order valence-corrected chi connectivity index (χ4v) is 1.91. The quantitative estimate of drug-likeness (QED) is 0.765. The van der Waals surface area contributed by atoms with Crippen LogP contribution in [0.3, 0.4) is 0 Å². The van der Waals surface area contributed by atoms with E-state index in [1.165, 1.54) is 0 Å². The van der Waals surface area contributed by atoms with Crippen LogP contribution in [0.2, 0.25) is 0 Å². The minimum atomic E-state index is 0.0458. The summed E-state index contributed by atoms with van der Waals surface area (Å²) in [6.07, 6.45) is 3.11. The monoisotopic (exact) mass is 261 g/mol. The Kier molecular flexibility index (Phi) is 6.26. The Labute approximate surface area is 115 Å². The SMILES string of the molecule is CCCCC(C)C(=O)NCc1cccc(C(C)=O)c1. The molecule has 1 atom stereocenters. The van der Waals surface area contributed by atoms with Crippen molar-refractivity contribution in [2.24, 2.45) is 5.92 Å². The second-order valence-corrected chi connectivity index (χ2v) is 5.02. The zero-order valence-corrected chi connectivity index (χ0v) is 12.0. The molecule has 1 aromatic carbocycles. The minimum absolute atomic E-state index is 0.0458. The van der Waals surface area contributed by atoms with E-state index in [2.05, 4.69) is 12.2 Å². The third kappa shape index (κ3) is 5.25. The third-order valence-corrected chi connectivity index (χ3v) is 3.24. The molecule has 0 spiro atoms. The molecule has 0 aliphatic heterocycles. The maximum absolute atomic E-state index is 11.9. The molecule has 0 fully saturated rings. The Bertz CT molecular complexity index is 440. The van der Waals surface area contributed by atoms with E-state index >= 15 is 0 Å². The van der Waals surface area contributed by atoms with Crippen molar-refractivity contribution in [2.45, 2.75) is 46.6 Å². The first kappa shape index (κ1) is 15.4. The van der Waals surface area contributed by atoms with Crippen LogP contribution in [0.25, 0.3) is 0 Å². The average molecular weight is 261 g/mol. The van der Waals surface area contributed by atoms with Gasteiger partial charge < -0.3 is 5.32 Å². The summed E-state index contributed by atoms with van der Waals surface area (Å²) in [5.41, 5.74) is 1.65. The highest BCUT2D eigenvalue weighted by Gasteiger charge is 2.11. The number of ketones is 1. The van der Waals surface area contributed by atoms with Crippen molar-refractivity contribution in [3.8, 4) is 0 Å². The van der Waals surface area contributed by atoms with Gasteiger partial charge in [0.15, 0.2) is 5.78 Å². The van der Waals surface area contributed by atoms with E-state index in [-0.39, 0.29) is 17.6 Å². The number of rotatable bonds is 7. The molecule has 3 nitrogen and oxygen atoms in total. The Morgan fingerprint density at radius 1 is 1.32 bits per heavy atom. The van der Waals surface area contributed by atoms with Crippen molar-refractivity contribution >= 4 is 11.7 Å². The van der Waals surface area contributed by atoms with E-state index in [9.17, 15) is 9.59 Å². The number of Topliss-reactive ketones (excluding diaryl/α,β-unsaturated/α-hetero) is 1. The molecule has 0 bridgehead atoms. The summed E-state index contributed by atoms with van der Waals surface area (Å²) in [6.45, 7) is 6.11. The van der Waals surface area contributed by atoms with Crippen molar-refractivity contribution in [3.05, 3.63) is 35.4 Å². The number of benzene rings is 1. The lowest BCUT2D eigenvalue weighted by Crippen LogP contribution is -2.28. The number of hydrogen-bond donors (Lipinski definition) is 1. The van der Waals surface area contributed by atoms with Gasteiger partial charge in [-0.25, -0.2) is 0 Å². The summed E-state index contributed by atoms with van der Waals surface area (Å²) < 4.78 is 0. The predicted molar refractivity (Wildman–Crippen MR) is 77.0 cm³/mol. The molecule has 1 rings (SSSR count). The van der Waals surface area contributed by atoms with Crippen molar-refractivity contribution in [2.75, 3.05) is 0 Å². The zero-order valence-electron chi connectivity index (χ0n) is 12.0. The first-order chi connectivity index (χ1) is 9.04. The summed E-state index contributed by atoms with van der Waals surface area (Å²) in [7, 11) is 0. The minimum Gasteiger partial charge on any atom is -0.352 e. The zero-order chi connectivity index (χ0) is 14.3. The van der Waals surface area contributed by atoms with Crippen molar-refractivity contribution in [1.29, 1.82) is 0 Å². The van der Waals surface area contributed by atoms with Gasteiger partial charge in [0.25, 0.3) is 0 Å². The molecule has 1 amide bonds. The van der Waals surface area contributed by atoms with Gasteiger partial charge in [-0.2, -0.15) is 0 Å². The number of hydrogen-bond acceptors (Lipinski definition) is 2. The molecular formula is C16H23NO2. The molecule has 1 aromatic rings. The average Bonchev–Trinajstić information content (AvgIpc) is 2.42. The molecule has 1 unspecified atom stereocenters. The molecule has 104 valence electrons. The fourth-order valence-electron chi connectivity index (χ4n) is 1.91. The summed E-state index contributed by atoms with van der Waals surface area (Å²) in [5, 5.41) is 2.92. The van der Waals surface area contributed by atoms with E-state index in [0.717, 1.165) is 24.8 Å². The van der Waals surface area contributed by atoms with Crippen LogP contribution in [-0.4, -0.2) is 11.7 Å². The van der Waals surface area contributed by atoms with E-state index < -0.39 is 0 Å². The predicted octanol–water partition coefficient (Wildman–Crippen LogP) is 3.33. The van der Waals surface area contributed by atoms with Crippen LogP contribution in [0.5, 0.6) is 0 Å². The van der Waals surface area contributed by atoms with Crippen LogP contribution in [0.4, 0.5) is 0 Å². The van der Waals surface area contributed by atoms with Crippen molar-refractivity contribution in [3.63, 3.8) is 0 Å². The molecule has 0 saturated heterocycles. The molecule has 0 aliphatic carbocycles. The standard InChI is InChI=1S/C16H23NO2/c1-4-5-7-12(2)16(19)17-11-14-8-6-9-15(10-14)13(3)18/h6,8-10,12H,4-5,7,11H2,1-3H3,(H,17,19). The molecule has 0 heterocycles. The molecule has 19 heavy (non-hydrogen) atoms. The van der Waals surface area contributed by atoms with Crippen molar-refractivity contribution < 1.29 is 9.59 Å². The first-order valence-electron chi connectivity index (χ1n) is 6.92. The molecule has 3 heteroatoms. The number of carbonyl (C=O) groups is 2. The smallest absolute Gasteiger partial charge is 0.223 e. The van der Waals surface area contributed by atoms with Gasteiger partial charge in [0.2, 0.25) is 5.91 Å². The van der Waals surface area contributed by atoms with E-state index in [0.29, 0.717) is 12.1 Å². The van der Waals surface area contributed by atoms with Crippen molar-refractivity contribution in [1.82, 2.24) is 5.32 Å². The van der Waals surface area contributed by atoms with Gasteiger partial charge in [0.1, 0.15) is 0 Å². The Balaban J connectivity index is 2.50. The number of unbranched alkanes of at least 4 members (excludes halogenated alkanes) is 1. The van der Waals surface area contributed by atoms with E-state index in [4.69, 9.17) is 0 Å². The van der Waals surface area contributed by atoms with Crippen LogP contribution in [0, 0.1) is 5.92 Å². The highest BCUT2D eigenvalue weighted by Crippen LogP contribution is 2.09. The Morgan fingerprint density at radius 3 is 2.68 bits per heavy atom. The van der Waals surface area contributed by atoms with Gasteiger partial charge in [-0.05, 0) is 25.0 Å². The maximum atomic E-state index is 11.9. The van der Waals surface area contributed by atoms with Gasteiger partial charge in [-0.1, -0.05) is 44.9 Å². The van der Waals surface area contributed by atoms with Crippen LogP contribution >= 0.6 is 0 Å². The maximum Gasteiger partial charge on any atom is 0.223 e. The summed E-state index contributed by atoms with van der Waals surface area (Å²) >= 11 is 0. The van der Waals surface area contributed by atoms with Gasteiger partial charge in [0.05, 0.1) is 0 Å². The fraction of sp³-hybridized carbons (Fsp3) is 0.500. The van der Waals surface area contributed by atoms with Gasteiger partial charge in [-0.3, -0.25) is 9.59 Å². The summed E-state index contributed by atoms with van der Waals surface area (Å²) in [5.74, 6) is 0.183. The third-order valence-electron chi connectivity index (χ3n) is 3.24. The normalized spacial score (nSPS) is 11.9. The molecule has 0 saturated carbocycles. The lowest BCUT2D eigenvalue weighted by Gasteiger charge is -2.12. The van der Waals surface area contributed by atoms with E-state index in [1.807, 2.05) is 25.1 Å². The molecule has 0 radical (unpaired) electrons. The lowest BCUT2D eigenvalue weighted by atomic mass is 10.0. The molecule has 0 aliphatic rings. The largest absolute Gasteiger partial charge is 0.352 e. The van der Waals surface area contributed by atoms with Gasteiger partial charge >= 0.3 is 0 Å². The van der Waals surface area contributed by atoms with E-state index in [1.54, 1.807) is 13.0 Å². The summed E-state index contributed by atoms with van der Waals surface area (Å²) in [6, 6.07) is 7.39. The number of nitrogens with one attached hydrogen (secondary N) is 1. The van der Waals surface area contributed by atoms with Crippen LogP contribution in [0.15, 0.2) is 24.3 Å². The lowest BCUT2D eigenvalue weighted by molar-refractivity contribution is -0.124. The van der Waals surface area contributed by atoms with Crippen LogP contribution in [0.1, 0.15) is 56.0 Å². The van der Waals surface area contributed by atoms with Gasteiger partial charge in [0, 0.05) is 18.0 Å². The second-order valence-electron chi connectivity index (χ2n) is 5.02. The Hall–Kier alpha value is -1.64. The Morgan fingerprint density at radius 2 is 2.05 bits per heavy atom. The number of carbonyl (C=O) groups excluding carboxylic acids is 2. The first-order valence-corrected chi connectivity index (χ1v) is 6.92. The van der Waals surface area contributed by atoms with Gasteiger partial charge in [-0.15, -0.1) is 0 Å². The highest BCUT2D eigenvalue weighted by atomic mass is 16.1. The summed E-state index contributed by atoms with van der Waals surface area (Å²) in [4.78, 5) is 23.1. The molecule has 0 aromatic heterocycles. The topological polar surface area (TPSA) is 46.2 Å². The van der Waals surface area contributed by atoms with Crippen LogP contribution in [-0.2, 0) is 11.3 Å². The number of amides is 1. The van der Waals surface area contributed by atoms with Crippen LogP contribution < -0.4 is 5.32 Å². The highest BCUT2D eigenvalue weighted by molar-refractivity contribution is 5.94.